The number of rotatable bonds is 7. The van der Waals surface area contributed by atoms with Gasteiger partial charge in [-0.15, -0.1) is 0 Å². The Bertz CT molecular complexity index is 1350. The van der Waals surface area contributed by atoms with E-state index in [1.165, 1.54) is 42.5 Å². The summed E-state index contributed by atoms with van der Waals surface area (Å²) in [6, 6.07) is 13.0. The third-order valence-electron chi connectivity index (χ3n) is 5.37. The monoisotopic (exact) mass is 560 g/mol. The highest BCUT2D eigenvalue weighted by atomic mass is 35.5. The summed E-state index contributed by atoms with van der Waals surface area (Å²) in [7, 11) is -2.33. The van der Waals surface area contributed by atoms with Crippen LogP contribution >= 0.6 is 23.2 Å². The summed E-state index contributed by atoms with van der Waals surface area (Å²) in [6.07, 6.45) is -4.53. The molecule has 1 aliphatic heterocycles. The normalized spacial score (nSPS) is 16.7. The Morgan fingerprint density at radius 1 is 1.00 bits per heavy atom. The minimum atomic E-state index is -4.66. The van der Waals surface area contributed by atoms with Crippen molar-refractivity contribution < 1.29 is 31.1 Å². The first-order valence-corrected chi connectivity index (χ1v) is 13.0. The number of sulfonamides is 1. The molecule has 4 rings (SSSR count). The molecule has 1 saturated heterocycles. The molecule has 0 spiro atoms. The molecule has 0 amide bonds. The second kappa shape index (κ2) is 10.4. The average Bonchev–Trinajstić information content (AvgIpc) is 3.17. The molecule has 1 aliphatic rings. The number of nitrogens with zero attached hydrogens (tertiary/aromatic N) is 1. The molecular formula is C24H21Cl2F3N2O4S. The zero-order chi connectivity index (χ0) is 26.1. The van der Waals surface area contributed by atoms with Crippen LogP contribution in [0.5, 0.6) is 17.2 Å². The molecule has 0 bridgehead atoms. The number of hydrogen-bond donors (Lipinski definition) is 1. The van der Waals surface area contributed by atoms with E-state index in [0.29, 0.717) is 35.3 Å². The van der Waals surface area contributed by atoms with E-state index in [-0.39, 0.29) is 16.3 Å². The maximum atomic E-state index is 13.5. The minimum Gasteiger partial charge on any atom is -0.488 e. The Morgan fingerprint density at radius 2 is 1.72 bits per heavy atom. The fourth-order valence-corrected chi connectivity index (χ4v) is 5.32. The predicted octanol–water partition coefficient (Wildman–Crippen LogP) is 6.69. The number of nitrogens with one attached hydrogen (secondary N) is 1. The standard InChI is InChI=1S/C24H21Cl2F3N2O4S/c1-31-8-7-19(14-31)35-23-12-17(5-6-22(23)24(27,28)29)30-36(32,33)21-4-2-3-18(13-21)34-20-10-15(25)9-16(26)11-20/h2-6,9-13,19,30H,7-8,14H2,1H3. The summed E-state index contributed by atoms with van der Waals surface area (Å²) in [6.45, 7) is 1.16. The molecule has 1 unspecified atom stereocenters. The van der Waals surface area contributed by atoms with E-state index in [1.54, 1.807) is 0 Å². The second-order valence-corrected chi connectivity index (χ2v) is 10.8. The van der Waals surface area contributed by atoms with Gasteiger partial charge < -0.3 is 14.4 Å². The van der Waals surface area contributed by atoms with Crippen LogP contribution in [0.25, 0.3) is 0 Å². The summed E-state index contributed by atoms with van der Waals surface area (Å²) in [4.78, 5) is 1.78. The molecular weight excluding hydrogens is 540 g/mol. The average molecular weight is 561 g/mol. The summed E-state index contributed by atoms with van der Waals surface area (Å²) < 4.78 is 80.3. The van der Waals surface area contributed by atoms with Crippen molar-refractivity contribution in [2.45, 2.75) is 23.6 Å². The lowest BCUT2D eigenvalue weighted by atomic mass is 10.1. The fraction of sp³-hybridized carbons (Fsp3) is 0.250. The van der Waals surface area contributed by atoms with Gasteiger partial charge >= 0.3 is 6.18 Å². The second-order valence-electron chi connectivity index (χ2n) is 8.29. The third kappa shape index (κ3) is 6.56. The zero-order valence-electron chi connectivity index (χ0n) is 18.9. The van der Waals surface area contributed by atoms with Gasteiger partial charge in [0.05, 0.1) is 16.1 Å². The van der Waals surface area contributed by atoms with Crippen molar-refractivity contribution in [2.24, 2.45) is 0 Å². The van der Waals surface area contributed by atoms with Gasteiger partial charge in [0, 0.05) is 35.3 Å². The van der Waals surface area contributed by atoms with Gasteiger partial charge in [0.25, 0.3) is 10.0 Å². The SMILES string of the molecule is CN1CCC(Oc2cc(NS(=O)(=O)c3cccc(Oc4cc(Cl)cc(Cl)c4)c3)ccc2C(F)(F)F)C1. The lowest BCUT2D eigenvalue weighted by Gasteiger charge is -2.19. The number of likely N-dealkylation sites (tertiary alicyclic amines) is 1. The highest BCUT2D eigenvalue weighted by molar-refractivity contribution is 7.92. The van der Waals surface area contributed by atoms with E-state index in [9.17, 15) is 21.6 Å². The van der Waals surface area contributed by atoms with Crippen molar-refractivity contribution >= 4 is 38.9 Å². The summed E-state index contributed by atoms with van der Waals surface area (Å²) in [5.74, 6) is 0.0630. The van der Waals surface area contributed by atoms with Crippen LogP contribution in [0.3, 0.4) is 0 Å². The molecule has 6 nitrogen and oxygen atoms in total. The minimum absolute atomic E-state index is 0.0719. The molecule has 3 aromatic rings. The number of alkyl halides is 3. The molecule has 0 aromatic heterocycles. The molecule has 36 heavy (non-hydrogen) atoms. The lowest BCUT2D eigenvalue weighted by molar-refractivity contribution is -0.139. The van der Waals surface area contributed by atoms with Crippen molar-refractivity contribution in [2.75, 3.05) is 24.9 Å². The molecule has 0 saturated carbocycles. The van der Waals surface area contributed by atoms with Gasteiger partial charge in [0.2, 0.25) is 0 Å². The molecule has 1 atom stereocenters. The fourth-order valence-electron chi connectivity index (χ4n) is 3.73. The van der Waals surface area contributed by atoms with E-state index < -0.39 is 33.6 Å². The van der Waals surface area contributed by atoms with Gasteiger partial charge in [-0.25, -0.2) is 8.42 Å². The summed E-state index contributed by atoms with van der Waals surface area (Å²) in [5, 5.41) is 0.681. The molecule has 3 aromatic carbocycles. The molecule has 1 heterocycles. The van der Waals surface area contributed by atoms with Crippen molar-refractivity contribution in [1.29, 1.82) is 0 Å². The maximum absolute atomic E-state index is 13.5. The van der Waals surface area contributed by atoms with Crippen LogP contribution in [0.2, 0.25) is 10.0 Å². The Hall–Kier alpha value is -2.66. The molecule has 0 aliphatic carbocycles. The Labute approximate surface area is 216 Å². The van der Waals surface area contributed by atoms with Crippen LogP contribution in [0.1, 0.15) is 12.0 Å². The van der Waals surface area contributed by atoms with Gasteiger partial charge in [0.15, 0.2) is 0 Å². The van der Waals surface area contributed by atoms with Crippen molar-refractivity contribution in [3.05, 3.63) is 76.3 Å². The van der Waals surface area contributed by atoms with E-state index >= 15 is 0 Å². The molecule has 1 N–H and O–H groups in total. The van der Waals surface area contributed by atoms with E-state index in [4.69, 9.17) is 32.7 Å². The highest BCUT2D eigenvalue weighted by Crippen LogP contribution is 2.39. The van der Waals surface area contributed by atoms with Gasteiger partial charge in [-0.05, 0) is 55.9 Å². The number of ether oxygens (including phenoxy) is 2. The largest absolute Gasteiger partial charge is 0.488 e. The number of likely N-dealkylation sites (N-methyl/N-ethyl adjacent to an activating group) is 1. The maximum Gasteiger partial charge on any atom is 0.419 e. The Kier molecular flexibility index (Phi) is 7.61. The third-order valence-corrected chi connectivity index (χ3v) is 7.18. The topological polar surface area (TPSA) is 67.9 Å². The van der Waals surface area contributed by atoms with Crippen LogP contribution in [-0.4, -0.2) is 39.6 Å². The van der Waals surface area contributed by atoms with Crippen molar-refractivity contribution in [3.63, 3.8) is 0 Å². The van der Waals surface area contributed by atoms with E-state index in [1.807, 2.05) is 11.9 Å². The Morgan fingerprint density at radius 3 is 2.36 bits per heavy atom. The van der Waals surface area contributed by atoms with E-state index in [2.05, 4.69) is 4.72 Å². The quantitative estimate of drug-likeness (QED) is 0.348. The van der Waals surface area contributed by atoms with Crippen molar-refractivity contribution in [1.82, 2.24) is 4.90 Å². The Balaban J connectivity index is 1.58. The number of anilines is 1. The van der Waals surface area contributed by atoms with Crippen molar-refractivity contribution in [3.8, 4) is 17.2 Å². The first-order valence-electron chi connectivity index (χ1n) is 10.7. The highest BCUT2D eigenvalue weighted by Gasteiger charge is 2.36. The first kappa shape index (κ1) is 26.4. The number of benzene rings is 3. The summed E-state index contributed by atoms with van der Waals surface area (Å²) in [5.41, 5.74) is -1.05. The number of hydrogen-bond acceptors (Lipinski definition) is 5. The number of halogens is 5. The molecule has 1 fully saturated rings. The van der Waals surface area contributed by atoms with Crippen LogP contribution in [0.15, 0.2) is 65.6 Å². The van der Waals surface area contributed by atoms with Gasteiger partial charge in [-0.3, -0.25) is 4.72 Å². The summed E-state index contributed by atoms with van der Waals surface area (Å²) >= 11 is 11.9. The molecule has 192 valence electrons. The van der Waals surface area contributed by atoms with Gasteiger partial charge in [0.1, 0.15) is 23.4 Å². The van der Waals surface area contributed by atoms with Gasteiger partial charge in [-0.2, -0.15) is 13.2 Å². The lowest BCUT2D eigenvalue weighted by Crippen LogP contribution is -2.23. The smallest absolute Gasteiger partial charge is 0.419 e. The first-order chi connectivity index (χ1) is 16.9. The van der Waals surface area contributed by atoms with Crippen LogP contribution in [-0.2, 0) is 16.2 Å². The molecule has 12 heteroatoms. The van der Waals surface area contributed by atoms with Crippen LogP contribution < -0.4 is 14.2 Å². The van der Waals surface area contributed by atoms with E-state index in [0.717, 1.165) is 18.2 Å². The van der Waals surface area contributed by atoms with Crippen LogP contribution in [0, 0.1) is 0 Å². The zero-order valence-corrected chi connectivity index (χ0v) is 21.2. The predicted molar refractivity (Wildman–Crippen MR) is 132 cm³/mol. The van der Waals surface area contributed by atoms with Gasteiger partial charge in [-0.1, -0.05) is 29.3 Å². The van der Waals surface area contributed by atoms with Crippen LogP contribution in [0.4, 0.5) is 18.9 Å². The molecule has 0 radical (unpaired) electrons.